The van der Waals surface area contributed by atoms with Crippen LogP contribution in [0.1, 0.15) is 43.5 Å². The van der Waals surface area contributed by atoms with Gasteiger partial charge in [-0.1, -0.05) is 18.0 Å². The van der Waals surface area contributed by atoms with Gasteiger partial charge in [-0.25, -0.2) is 0 Å². The largest absolute Gasteiger partial charge is 0.393 e. The lowest BCUT2D eigenvalue weighted by Crippen LogP contribution is -2.26. The summed E-state index contributed by atoms with van der Waals surface area (Å²) in [5.74, 6) is 3.50. The molecule has 2 heterocycles. The summed E-state index contributed by atoms with van der Waals surface area (Å²) in [6.07, 6.45) is 4.69. The quantitative estimate of drug-likeness (QED) is 0.915. The van der Waals surface area contributed by atoms with E-state index in [9.17, 15) is 5.11 Å². The lowest BCUT2D eigenvalue weighted by molar-refractivity contribution is 0.0653. The van der Waals surface area contributed by atoms with E-state index in [1.165, 1.54) is 6.42 Å². The van der Waals surface area contributed by atoms with E-state index in [0.29, 0.717) is 18.1 Å². The predicted molar refractivity (Wildman–Crippen MR) is 72.0 cm³/mol. The molecule has 3 unspecified atom stereocenters. The molecule has 2 aliphatic rings. The van der Waals surface area contributed by atoms with Crippen LogP contribution in [0.25, 0.3) is 0 Å². The Morgan fingerprint density at radius 3 is 3.00 bits per heavy atom. The number of thioether (sulfide) groups is 1. The van der Waals surface area contributed by atoms with Gasteiger partial charge in [-0.05, 0) is 18.8 Å². The van der Waals surface area contributed by atoms with Gasteiger partial charge >= 0.3 is 0 Å². The van der Waals surface area contributed by atoms with Crippen LogP contribution in [-0.4, -0.2) is 39.5 Å². The molecular formula is C13H20N2O3S. The Hall–Kier alpha value is -0.590. The lowest BCUT2D eigenvalue weighted by atomic mass is 9.84. The number of rotatable bonds is 3. The molecule has 19 heavy (non-hydrogen) atoms. The van der Waals surface area contributed by atoms with Crippen molar-refractivity contribution in [2.45, 2.75) is 44.3 Å². The maximum Gasteiger partial charge on any atom is 0.227 e. The summed E-state index contributed by atoms with van der Waals surface area (Å²) in [5.41, 5.74) is 0. The number of hydrogen-bond donors (Lipinski definition) is 1. The van der Waals surface area contributed by atoms with Crippen LogP contribution in [0.3, 0.4) is 0 Å². The van der Waals surface area contributed by atoms with Gasteiger partial charge < -0.3 is 14.4 Å². The number of aliphatic hydroxyl groups is 1. The van der Waals surface area contributed by atoms with Crippen LogP contribution in [-0.2, 0) is 11.2 Å². The summed E-state index contributed by atoms with van der Waals surface area (Å²) >= 11 is 1.86. The molecule has 1 aliphatic carbocycles. The highest BCUT2D eigenvalue weighted by Crippen LogP contribution is 2.28. The van der Waals surface area contributed by atoms with Crippen molar-refractivity contribution in [3.63, 3.8) is 0 Å². The minimum absolute atomic E-state index is 0.0347. The molecule has 106 valence electrons. The average molecular weight is 284 g/mol. The van der Waals surface area contributed by atoms with Gasteiger partial charge in [0, 0.05) is 17.9 Å². The second-order valence-electron chi connectivity index (χ2n) is 5.30. The third kappa shape index (κ3) is 3.30. The van der Waals surface area contributed by atoms with Crippen molar-refractivity contribution < 1.29 is 14.4 Å². The van der Waals surface area contributed by atoms with E-state index >= 15 is 0 Å². The fraction of sp³-hybridized carbons (Fsp3) is 0.846. The third-order valence-corrected chi connectivity index (χ3v) is 4.89. The summed E-state index contributed by atoms with van der Waals surface area (Å²) in [7, 11) is 0. The third-order valence-electron chi connectivity index (χ3n) is 3.89. The molecule has 1 aromatic rings. The van der Waals surface area contributed by atoms with Gasteiger partial charge in [0.25, 0.3) is 0 Å². The molecule has 1 N–H and O–H groups in total. The van der Waals surface area contributed by atoms with Gasteiger partial charge in [-0.3, -0.25) is 0 Å². The second-order valence-corrected chi connectivity index (χ2v) is 6.45. The van der Waals surface area contributed by atoms with Crippen molar-refractivity contribution in [1.82, 2.24) is 10.1 Å². The van der Waals surface area contributed by atoms with Gasteiger partial charge in [0.1, 0.15) is 6.10 Å². The topological polar surface area (TPSA) is 68.4 Å². The lowest BCUT2D eigenvalue weighted by Gasteiger charge is -2.26. The smallest absolute Gasteiger partial charge is 0.227 e. The first-order valence-electron chi connectivity index (χ1n) is 7.03. The molecule has 1 aromatic heterocycles. The van der Waals surface area contributed by atoms with Gasteiger partial charge in [-0.2, -0.15) is 16.7 Å². The molecule has 0 radical (unpaired) electrons. The minimum Gasteiger partial charge on any atom is -0.393 e. The monoisotopic (exact) mass is 284 g/mol. The summed E-state index contributed by atoms with van der Waals surface area (Å²) in [6.45, 7) is 0.751. The zero-order chi connectivity index (χ0) is 13.1. The fourth-order valence-corrected chi connectivity index (χ4v) is 3.61. The molecular weight excluding hydrogens is 264 g/mol. The summed E-state index contributed by atoms with van der Waals surface area (Å²) in [5, 5.41) is 14.0. The summed E-state index contributed by atoms with van der Waals surface area (Å²) < 4.78 is 10.9. The van der Waals surface area contributed by atoms with Crippen LogP contribution >= 0.6 is 11.8 Å². The van der Waals surface area contributed by atoms with E-state index in [1.54, 1.807) is 0 Å². The first-order chi connectivity index (χ1) is 9.33. The molecule has 1 saturated carbocycles. The van der Waals surface area contributed by atoms with E-state index in [2.05, 4.69) is 10.1 Å². The Kier molecular flexibility index (Phi) is 4.40. The van der Waals surface area contributed by atoms with Crippen molar-refractivity contribution in [3.05, 3.63) is 11.7 Å². The zero-order valence-electron chi connectivity index (χ0n) is 11.0. The number of aliphatic hydroxyl groups excluding tert-OH is 1. The van der Waals surface area contributed by atoms with E-state index in [-0.39, 0.29) is 18.1 Å². The molecule has 3 atom stereocenters. The Labute approximate surface area is 117 Å². The Bertz CT molecular complexity index is 406. The van der Waals surface area contributed by atoms with Crippen molar-refractivity contribution in [3.8, 4) is 0 Å². The van der Waals surface area contributed by atoms with Crippen LogP contribution in [0, 0.1) is 5.92 Å². The highest BCUT2D eigenvalue weighted by Gasteiger charge is 2.27. The second kappa shape index (κ2) is 6.24. The van der Waals surface area contributed by atoms with Crippen LogP contribution < -0.4 is 0 Å². The van der Waals surface area contributed by atoms with E-state index in [4.69, 9.17) is 9.26 Å². The minimum atomic E-state index is -0.217. The van der Waals surface area contributed by atoms with Gasteiger partial charge in [-0.15, -0.1) is 0 Å². The van der Waals surface area contributed by atoms with E-state index in [1.807, 2.05) is 11.8 Å². The van der Waals surface area contributed by atoms with Crippen molar-refractivity contribution >= 4 is 11.8 Å². The standard InChI is InChI=1S/C13H20N2O3S/c16-10-4-2-1-3-9(10)7-12-14-13(15-18-12)11-8-19-6-5-17-11/h9-11,16H,1-8H2. The van der Waals surface area contributed by atoms with Crippen molar-refractivity contribution in [1.29, 1.82) is 0 Å². The molecule has 2 fully saturated rings. The molecule has 0 amide bonds. The first-order valence-corrected chi connectivity index (χ1v) is 8.18. The van der Waals surface area contributed by atoms with Gasteiger partial charge in [0.15, 0.2) is 0 Å². The van der Waals surface area contributed by atoms with Crippen LogP contribution in [0.15, 0.2) is 4.52 Å². The molecule has 0 aromatic carbocycles. The van der Waals surface area contributed by atoms with Crippen LogP contribution in [0.2, 0.25) is 0 Å². The Morgan fingerprint density at radius 1 is 1.32 bits per heavy atom. The number of aromatic nitrogens is 2. The van der Waals surface area contributed by atoms with Gasteiger partial charge in [0.2, 0.25) is 11.7 Å². The number of nitrogens with zero attached hydrogens (tertiary/aromatic N) is 2. The maximum absolute atomic E-state index is 9.97. The number of hydrogen-bond acceptors (Lipinski definition) is 6. The van der Waals surface area contributed by atoms with Gasteiger partial charge in [0.05, 0.1) is 12.7 Å². The summed E-state index contributed by atoms with van der Waals surface area (Å²) in [6, 6.07) is 0. The fourth-order valence-electron chi connectivity index (χ4n) is 2.77. The highest BCUT2D eigenvalue weighted by molar-refractivity contribution is 7.99. The first kappa shape index (κ1) is 13.4. The summed E-state index contributed by atoms with van der Waals surface area (Å²) in [4.78, 5) is 4.44. The molecule has 6 heteroatoms. The molecule has 1 aliphatic heterocycles. The Balaban J connectivity index is 1.60. The number of ether oxygens (including phenoxy) is 1. The average Bonchev–Trinajstić information content (AvgIpc) is 2.91. The van der Waals surface area contributed by atoms with E-state index in [0.717, 1.165) is 37.4 Å². The van der Waals surface area contributed by atoms with Crippen LogP contribution in [0.5, 0.6) is 0 Å². The molecule has 1 saturated heterocycles. The molecule has 5 nitrogen and oxygen atoms in total. The molecule has 0 spiro atoms. The maximum atomic E-state index is 9.97. The Morgan fingerprint density at radius 2 is 2.21 bits per heavy atom. The predicted octanol–water partition coefficient (Wildman–Crippen LogP) is 1.97. The highest BCUT2D eigenvalue weighted by atomic mass is 32.2. The SMILES string of the molecule is OC1CCCCC1Cc1nc(C2CSCCO2)no1. The van der Waals surface area contributed by atoms with Crippen molar-refractivity contribution in [2.24, 2.45) is 5.92 Å². The normalized spacial score (nSPS) is 32.4. The van der Waals surface area contributed by atoms with E-state index < -0.39 is 0 Å². The molecule has 0 bridgehead atoms. The zero-order valence-corrected chi connectivity index (χ0v) is 11.8. The van der Waals surface area contributed by atoms with Crippen molar-refractivity contribution in [2.75, 3.05) is 18.1 Å². The molecule has 3 rings (SSSR count). The van der Waals surface area contributed by atoms with Crippen LogP contribution in [0.4, 0.5) is 0 Å².